The Kier molecular flexibility index (Phi) is 5.76. The van der Waals surface area contributed by atoms with Gasteiger partial charge >= 0.3 is 0 Å². The van der Waals surface area contributed by atoms with Gasteiger partial charge in [0.25, 0.3) is 11.9 Å². The normalized spacial score (nSPS) is 18.6. The van der Waals surface area contributed by atoms with Crippen LogP contribution < -0.4 is 5.32 Å². The summed E-state index contributed by atoms with van der Waals surface area (Å²) in [4.78, 5) is 21.8. The van der Waals surface area contributed by atoms with Crippen LogP contribution in [-0.2, 0) is 0 Å². The van der Waals surface area contributed by atoms with Gasteiger partial charge in [0.2, 0.25) is 0 Å². The summed E-state index contributed by atoms with van der Waals surface area (Å²) in [5, 5.41) is 12.4. The molecule has 0 radical (unpaired) electrons. The van der Waals surface area contributed by atoms with Gasteiger partial charge in [-0.05, 0) is 49.4 Å². The molecule has 3 heterocycles. The van der Waals surface area contributed by atoms with E-state index in [0.717, 1.165) is 23.9 Å². The fraction of sp³-hybridized carbons (Fsp3) is 0.333. The molecule has 1 aliphatic rings. The van der Waals surface area contributed by atoms with Gasteiger partial charge in [0.05, 0.1) is 24.0 Å². The number of nitrogens with zero attached hydrogens (tertiary/aromatic N) is 5. The quantitative estimate of drug-likeness (QED) is 0.459. The second kappa shape index (κ2) is 8.86. The zero-order valence-corrected chi connectivity index (χ0v) is 19.3. The maximum absolute atomic E-state index is 13.8. The summed E-state index contributed by atoms with van der Waals surface area (Å²) in [5.74, 6) is 0.304. The molecule has 2 unspecified atom stereocenters. The van der Waals surface area contributed by atoms with Crippen LogP contribution in [0.2, 0.25) is 5.02 Å². The molecule has 0 bridgehead atoms. The number of fused-ring (bicyclic) bond motifs is 1. The van der Waals surface area contributed by atoms with Crippen molar-refractivity contribution in [3.05, 3.63) is 64.9 Å². The number of anilines is 1. The third kappa shape index (κ3) is 4.18. The van der Waals surface area contributed by atoms with Crippen LogP contribution in [0.5, 0.6) is 0 Å². The van der Waals surface area contributed by atoms with E-state index < -0.39 is 0 Å². The Morgan fingerprint density at radius 3 is 2.88 bits per heavy atom. The average Bonchev–Trinajstić information content (AvgIpc) is 3.47. The predicted molar refractivity (Wildman–Crippen MR) is 127 cm³/mol. The van der Waals surface area contributed by atoms with Crippen LogP contribution in [0, 0.1) is 12.8 Å². The number of piperidine rings is 1. The number of nitrogens with one attached hydrogen (secondary N) is 1. The van der Waals surface area contributed by atoms with Crippen LogP contribution in [0.15, 0.2) is 53.2 Å². The van der Waals surface area contributed by atoms with Crippen molar-refractivity contribution in [2.24, 2.45) is 5.92 Å². The van der Waals surface area contributed by atoms with Crippen LogP contribution in [0.4, 0.5) is 6.01 Å². The molecule has 170 valence electrons. The van der Waals surface area contributed by atoms with Gasteiger partial charge in [0.1, 0.15) is 11.2 Å². The SMILES string of the molecule is Cc1cccc(C(=O)N2CCCC(C)C2CNc2nc3ccc(Cl)cc3o2)c1-n1nccn1. The number of carbonyl (C=O) groups is 1. The number of amides is 1. The maximum atomic E-state index is 13.8. The van der Waals surface area contributed by atoms with Gasteiger partial charge < -0.3 is 14.6 Å². The minimum Gasteiger partial charge on any atom is -0.424 e. The number of likely N-dealkylation sites (tertiary alicyclic amines) is 1. The summed E-state index contributed by atoms with van der Waals surface area (Å²) in [6, 6.07) is 11.5. The van der Waals surface area contributed by atoms with Crippen LogP contribution >= 0.6 is 11.6 Å². The first-order valence-corrected chi connectivity index (χ1v) is 11.5. The van der Waals surface area contributed by atoms with E-state index >= 15 is 0 Å². The zero-order valence-electron chi connectivity index (χ0n) is 18.5. The second-order valence-electron chi connectivity index (χ2n) is 8.49. The molecule has 2 aromatic heterocycles. The first kappa shape index (κ1) is 21.5. The van der Waals surface area contributed by atoms with Crippen molar-refractivity contribution in [3.63, 3.8) is 0 Å². The summed E-state index contributed by atoms with van der Waals surface area (Å²) in [7, 11) is 0. The van der Waals surface area contributed by atoms with Crippen LogP contribution in [0.3, 0.4) is 0 Å². The van der Waals surface area contributed by atoms with Crippen molar-refractivity contribution >= 4 is 34.6 Å². The smallest absolute Gasteiger partial charge is 0.295 e. The largest absolute Gasteiger partial charge is 0.424 e. The molecule has 0 aliphatic carbocycles. The minimum absolute atomic E-state index is 0.0104. The molecule has 1 amide bonds. The molecule has 1 aliphatic heterocycles. The topological polar surface area (TPSA) is 89.1 Å². The molecule has 33 heavy (non-hydrogen) atoms. The summed E-state index contributed by atoms with van der Waals surface area (Å²) in [6.45, 7) is 5.38. The Morgan fingerprint density at radius 2 is 2.06 bits per heavy atom. The summed E-state index contributed by atoms with van der Waals surface area (Å²) in [6.07, 6.45) is 5.25. The van der Waals surface area contributed by atoms with Gasteiger partial charge in [-0.1, -0.05) is 30.7 Å². The highest BCUT2D eigenvalue weighted by molar-refractivity contribution is 6.31. The lowest BCUT2D eigenvalue weighted by molar-refractivity contribution is 0.0539. The number of aromatic nitrogens is 4. The lowest BCUT2D eigenvalue weighted by Gasteiger charge is -2.40. The number of para-hydroxylation sites is 1. The Morgan fingerprint density at radius 1 is 1.24 bits per heavy atom. The highest BCUT2D eigenvalue weighted by atomic mass is 35.5. The van der Waals surface area contributed by atoms with Crippen LogP contribution in [0.25, 0.3) is 16.8 Å². The van der Waals surface area contributed by atoms with E-state index in [1.807, 2.05) is 36.1 Å². The molecular formula is C24H25ClN6O2. The molecule has 2 atom stereocenters. The van der Waals surface area contributed by atoms with E-state index in [2.05, 4.69) is 27.4 Å². The minimum atomic E-state index is -0.0197. The van der Waals surface area contributed by atoms with Crippen molar-refractivity contribution in [2.45, 2.75) is 32.7 Å². The van der Waals surface area contributed by atoms with Gasteiger partial charge in [0, 0.05) is 24.2 Å². The highest BCUT2D eigenvalue weighted by Crippen LogP contribution is 2.29. The predicted octanol–water partition coefficient (Wildman–Crippen LogP) is 4.72. The Hall–Kier alpha value is -3.39. The van der Waals surface area contributed by atoms with E-state index in [-0.39, 0.29) is 11.9 Å². The lowest BCUT2D eigenvalue weighted by Crippen LogP contribution is -2.51. The number of hydrogen-bond acceptors (Lipinski definition) is 6. The third-order valence-corrected chi connectivity index (χ3v) is 6.51. The highest BCUT2D eigenvalue weighted by Gasteiger charge is 2.34. The van der Waals surface area contributed by atoms with E-state index in [9.17, 15) is 4.79 Å². The van der Waals surface area contributed by atoms with E-state index in [1.54, 1.807) is 24.5 Å². The Balaban J connectivity index is 1.41. The molecule has 1 saturated heterocycles. The van der Waals surface area contributed by atoms with Gasteiger partial charge in [-0.25, -0.2) is 0 Å². The number of hydrogen-bond donors (Lipinski definition) is 1. The maximum Gasteiger partial charge on any atom is 0.295 e. The summed E-state index contributed by atoms with van der Waals surface area (Å²) >= 11 is 6.06. The second-order valence-corrected chi connectivity index (χ2v) is 8.92. The fourth-order valence-electron chi connectivity index (χ4n) is 4.56. The first-order valence-electron chi connectivity index (χ1n) is 11.1. The van der Waals surface area contributed by atoms with Crippen molar-refractivity contribution in [1.29, 1.82) is 0 Å². The number of aryl methyl sites for hydroxylation is 1. The number of carbonyl (C=O) groups excluding carboxylic acids is 1. The van der Waals surface area contributed by atoms with Crippen LogP contribution in [0.1, 0.15) is 35.7 Å². The Bertz CT molecular complexity index is 1290. The average molecular weight is 465 g/mol. The van der Waals surface area contributed by atoms with Gasteiger partial charge in [0.15, 0.2) is 5.58 Å². The molecule has 0 spiro atoms. The van der Waals surface area contributed by atoms with Crippen molar-refractivity contribution < 1.29 is 9.21 Å². The third-order valence-electron chi connectivity index (χ3n) is 6.28. The zero-order chi connectivity index (χ0) is 22.9. The van der Waals surface area contributed by atoms with Crippen LogP contribution in [-0.4, -0.2) is 49.9 Å². The molecule has 8 nitrogen and oxygen atoms in total. The molecule has 0 saturated carbocycles. The first-order chi connectivity index (χ1) is 16.0. The Labute approximate surface area is 196 Å². The van der Waals surface area contributed by atoms with Gasteiger partial charge in [-0.3, -0.25) is 4.79 Å². The van der Waals surface area contributed by atoms with Gasteiger partial charge in [-0.2, -0.15) is 20.0 Å². The van der Waals surface area contributed by atoms with Gasteiger partial charge in [-0.15, -0.1) is 0 Å². The van der Waals surface area contributed by atoms with E-state index in [0.29, 0.717) is 46.9 Å². The molecule has 1 fully saturated rings. The standard InChI is InChI=1S/C24H25ClN6O2/c1-15-6-4-12-30(20(15)14-26-24-29-19-9-8-17(25)13-21(19)33-24)23(32)18-7-3-5-16(2)22(18)31-27-10-11-28-31/h3,5,7-11,13,15,20H,4,6,12,14H2,1-2H3,(H,26,29). The summed E-state index contributed by atoms with van der Waals surface area (Å²) < 4.78 is 5.81. The molecule has 5 rings (SSSR count). The molecule has 1 N–H and O–H groups in total. The number of oxazole rings is 1. The fourth-order valence-corrected chi connectivity index (χ4v) is 4.72. The number of rotatable bonds is 5. The van der Waals surface area contributed by atoms with E-state index in [1.165, 1.54) is 4.80 Å². The lowest BCUT2D eigenvalue weighted by atomic mass is 9.90. The van der Waals surface area contributed by atoms with Crippen molar-refractivity contribution in [1.82, 2.24) is 24.9 Å². The molecule has 4 aromatic rings. The van der Waals surface area contributed by atoms with E-state index in [4.69, 9.17) is 16.0 Å². The monoisotopic (exact) mass is 464 g/mol. The van der Waals surface area contributed by atoms with Crippen molar-refractivity contribution in [3.8, 4) is 5.69 Å². The molecular weight excluding hydrogens is 440 g/mol. The van der Waals surface area contributed by atoms with Crippen molar-refractivity contribution in [2.75, 3.05) is 18.4 Å². The number of halogens is 1. The molecule has 2 aromatic carbocycles. The molecule has 9 heteroatoms. The number of benzene rings is 2. The summed E-state index contributed by atoms with van der Waals surface area (Å²) in [5.41, 5.74) is 3.63.